The lowest BCUT2D eigenvalue weighted by Gasteiger charge is -2.13. The third kappa shape index (κ3) is 4.00. The first kappa shape index (κ1) is 15.4. The molecule has 0 aliphatic carbocycles. The molecule has 4 heteroatoms. The molecule has 0 aliphatic heterocycles. The fraction of sp³-hybridized carbons (Fsp3) is 0.312. The smallest absolute Gasteiger partial charge is 0.251 e. The van der Waals surface area contributed by atoms with Crippen LogP contribution in [0.4, 0.5) is 0 Å². The van der Waals surface area contributed by atoms with Crippen LogP contribution in [0.5, 0.6) is 0 Å². The van der Waals surface area contributed by atoms with Gasteiger partial charge in [0.05, 0.1) is 0 Å². The molecule has 0 radical (unpaired) electrons. The summed E-state index contributed by atoms with van der Waals surface area (Å²) >= 11 is 5.26. The van der Waals surface area contributed by atoms with Gasteiger partial charge in [-0.3, -0.25) is 4.79 Å². The van der Waals surface area contributed by atoms with E-state index in [1.54, 1.807) is 11.8 Å². The Morgan fingerprint density at radius 1 is 1.25 bits per heavy atom. The molecule has 0 aromatic heterocycles. The van der Waals surface area contributed by atoms with Gasteiger partial charge in [0.25, 0.3) is 5.91 Å². The summed E-state index contributed by atoms with van der Waals surface area (Å²) < 4.78 is 1.05. The van der Waals surface area contributed by atoms with E-state index >= 15 is 0 Å². The van der Waals surface area contributed by atoms with Crippen LogP contribution in [0.15, 0.2) is 40.9 Å². The van der Waals surface area contributed by atoms with Gasteiger partial charge in [-0.15, -0.1) is 0 Å². The number of fused-ring (bicyclic) bond motifs is 1. The van der Waals surface area contributed by atoms with Crippen molar-refractivity contribution in [2.75, 3.05) is 12.0 Å². The number of carbonyl (C=O) groups is 1. The number of nitrogens with one attached hydrogen (secondary N) is 1. The number of hydrogen-bond acceptors (Lipinski definition) is 2. The molecule has 2 nitrogen and oxygen atoms in total. The van der Waals surface area contributed by atoms with Gasteiger partial charge in [0, 0.05) is 16.1 Å². The highest BCUT2D eigenvalue weighted by Gasteiger charge is 2.10. The van der Waals surface area contributed by atoms with E-state index in [9.17, 15) is 4.79 Å². The maximum absolute atomic E-state index is 12.2. The molecule has 0 heterocycles. The Morgan fingerprint density at radius 2 is 1.95 bits per heavy atom. The van der Waals surface area contributed by atoms with Crippen molar-refractivity contribution in [2.45, 2.75) is 19.4 Å². The maximum Gasteiger partial charge on any atom is 0.251 e. The van der Waals surface area contributed by atoms with Crippen molar-refractivity contribution in [2.24, 2.45) is 0 Å². The molecular weight excluding hydrogens is 334 g/mol. The molecule has 0 aliphatic rings. The molecule has 0 bridgehead atoms. The molecule has 1 N–H and O–H groups in total. The molecule has 1 unspecified atom stereocenters. The molecule has 20 heavy (non-hydrogen) atoms. The van der Waals surface area contributed by atoms with Gasteiger partial charge in [0.2, 0.25) is 0 Å². The summed E-state index contributed by atoms with van der Waals surface area (Å²) in [7, 11) is 0. The molecule has 0 fully saturated rings. The van der Waals surface area contributed by atoms with Crippen LogP contribution in [-0.4, -0.2) is 24.0 Å². The summed E-state index contributed by atoms with van der Waals surface area (Å²) in [5.41, 5.74) is 0.718. The van der Waals surface area contributed by atoms with Crippen molar-refractivity contribution >= 4 is 44.4 Å². The second-order valence-electron chi connectivity index (χ2n) is 4.86. The SMILES string of the molecule is CSCCC(C)NC(=O)c1ccc2cc(Br)ccc2c1. The topological polar surface area (TPSA) is 29.1 Å². The lowest BCUT2D eigenvalue weighted by atomic mass is 10.1. The quantitative estimate of drug-likeness (QED) is 0.860. The molecule has 1 atom stereocenters. The van der Waals surface area contributed by atoms with E-state index in [1.165, 1.54) is 0 Å². The van der Waals surface area contributed by atoms with Crippen LogP contribution < -0.4 is 5.32 Å². The number of halogens is 1. The summed E-state index contributed by atoms with van der Waals surface area (Å²) in [5.74, 6) is 1.07. The Balaban J connectivity index is 2.12. The van der Waals surface area contributed by atoms with Gasteiger partial charge in [0.15, 0.2) is 0 Å². The molecule has 2 aromatic rings. The molecule has 0 saturated carbocycles. The minimum atomic E-state index is 0.00317. The Kier molecular flexibility index (Phi) is 5.49. The number of rotatable bonds is 5. The van der Waals surface area contributed by atoms with Crippen molar-refractivity contribution in [1.29, 1.82) is 0 Å². The summed E-state index contributed by atoms with van der Waals surface area (Å²) in [6.07, 6.45) is 3.07. The predicted molar refractivity (Wildman–Crippen MR) is 91.6 cm³/mol. The van der Waals surface area contributed by atoms with Crippen molar-refractivity contribution in [3.63, 3.8) is 0 Å². The number of benzene rings is 2. The van der Waals surface area contributed by atoms with E-state index in [0.29, 0.717) is 0 Å². The van der Waals surface area contributed by atoms with Crippen molar-refractivity contribution in [3.05, 3.63) is 46.4 Å². The molecule has 0 saturated heterocycles. The van der Waals surface area contributed by atoms with E-state index in [-0.39, 0.29) is 11.9 Å². The Morgan fingerprint density at radius 3 is 2.70 bits per heavy atom. The largest absolute Gasteiger partial charge is 0.350 e. The lowest BCUT2D eigenvalue weighted by Crippen LogP contribution is -2.32. The first-order valence-electron chi connectivity index (χ1n) is 6.59. The van der Waals surface area contributed by atoms with Crippen LogP contribution in [0, 0.1) is 0 Å². The number of amides is 1. The van der Waals surface area contributed by atoms with Crippen LogP contribution in [0.25, 0.3) is 10.8 Å². The Bertz CT molecular complexity index is 614. The predicted octanol–water partition coefficient (Wildman–Crippen LogP) is 4.47. The molecular formula is C16H18BrNOS. The van der Waals surface area contributed by atoms with E-state index in [2.05, 4.69) is 33.6 Å². The highest BCUT2D eigenvalue weighted by Crippen LogP contribution is 2.21. The highest BCUT2D eigenvalue weighted by atomic mass is 79.9. The average molecular weight is 352 g/mol. The third-order valence-electron chi connectivity index (χ3n) is 3.20. The van der Waals surface area contributed by atoms with Gasteiger partial charge in [-0.25, -0.2) is 0 Å². The van der Waals surface area contributed by atoms with Crippen LogP contribution >= 0.6 is 27.7 Å². The summed E-state index contributed by atoms with van der Waals surface area (Å²) in [6, 6.07) is 12.1. The van der Waals surface area contributed by atoms with Gasteiger partial charge < -0.3 is 5.32 Å². The minimum Gasteiger partial charge on any atom is -0.350 e. The second-order valence-corrected chi connectivity index (χ2v) is 6.76. The van der Waals surface area contributed by atoms with Gasteiger partial charge in [0.1, 0.15) is 0 Å². The zero-order chi connectivity index (χ0) is 14.5. The van der Waals surface area contributed by atoms with Gasteiger partial charge in [-0.05, 0) is 60.4 Å². The van der Waals surface area contributed by atoms with E-state index in [0.717, 1.165) is 33.0 Å². The molecule has 1 amide bonds. The number of hydrogen-bond donors (Lipinski definition) is 1. The van der Waals surface area contributed by atoms with E-state index in [4.69, 9.17) is 0 Å². The number of carbonyl (C=O) groups excluding carboxylic acids is 1. The fourth-order valence-electron chi connectivity index (χ4n) is 2.03. The normalized spacial score (nSPS) is 12.3. The average Bonchev–Trinajstić information content (AvgIpc) is 2.44. The second kappa shape index (κ2) is 7.14. The summed E-state index contributed by atoms with van der Waals surface area (Å²) in [6.45, 7) is 2.05. The zero-order valence-corrected chi connectivity index (χ0v) is 14.1. The van der Waals surface area contributed by atoms with Crippen LogP contribution in [0.1, 0.15) is 23.7 Å². The Hall–Kier alpha value is -1.00. The zero-order valence-electron chi connectivity index (χ0n) is 11.7. The van der Waals surface area contributed by atoms with Gasteiger partial charge in [-0.2, -0.15) is 11.8 Å². The van der Waals surface area contributed by atoms with Gasteiger partial charge in [-0.1, -0.05) is 28.1 Å². The van der Waals surface area contributed by atoms with Gasteiger partial charge >= 0.3 is 0 Å². The van der Waals surface area contributed by atoms with Crippen LogP contribution in [-0.2, 0) is 0 Å². The summed E-state index contributed by atoms with van der Waals surface area (Å²) in [4.78, 5) is 12.2. The first-order valence-corrected chi connectivity index (χ1v) is 8.78. The fourth-order valence-corrected chi connectivity index (χ4v) is 3.00. The number of thioether (sulfide) groups is 1. The van der Waals surface area contributed by atoms with Crippen LogP contribution in [0.3, 0.4) is 0 Å². The molecule has 106 valence electrons. The van der Waals surface area contributed by atoms with Crippen molar-refractivity contribution < 1.29 is 4.79 Å². The maximum atomic E-state index is 12.2. The van der Waals surface area contributed by atoms with E-state index < -0.39 is 0 Å². The highest BCUT2D eigenvalue weighted by molar-refractivity contribution is 9.10. The standard InChI is InChI=1S/C16H18BrNOS/c1-11(7-8-20-2)18-16(19)14-4-3-13-10-15(17)6-5-12(13)9-14/h3-6,9-11H,7-8H2,1-2H3,(H,18,19). The first-order chi connectivity index (χ1) is 9.60. The third-order valence-corrected chi connectivity index (χ3v) is 4.33. The minimum absolute atomic E-state index is 0.00317. The van der Waals surface area contributed by atoms with Crippen LogP contribution in [0.2, 0.25) is 0 Å². The van der Waals surface area contributed by atoms with Crippen molar-refractivity contribution in [1.82, 2.24) is 5.32 Å². The molecule has 2 rings (SSSR count). The Labute approximate surface area is 132 Å². The monoisotopic (exact) mass is 351 g/mol. The molecule has 2 aromatic carbocycles. The van der Waals surface area contributed by atoms with E-state index in [1.807, 2.05) is 37.3 Å². The molecule has 0 spiro atoms. The van der Waals surface area contributed by atoms with Crippen molar-refractivity contribution in [3.8, 4) is 0 Å². The summed E-state index contributed by atoms with van der Waals surface area (Å²) in [5, 5.41) is 5.26. The lowest BCUT2D eigenvalue weighted by molar-refractivity contribution is 0.0939.